The number of rotatable bonds is 5. The molecular weight excluding hydrogens is 258 g/mol. The summed E-state index contributed by atoms with van der Waals surface area (Å²) in [5.41, 5.74) is 2.86. The summed E-state index contributed by atoms with van der Waals surface area (Å²) in [6, 6.07) is 8.60. The molecule has 0 bridgehead atoms. The van der Waals surface area contributed by atoms with Crippen molar-refractivity contribution < 1.29 is 4.79 Å². The van der Waals surface area contributed by atoms with E-state index in [4.69, 9.17) is 11.6 Å². The molecule has 0 saturated heterocycles. The lowest BCUT2D eigenvalue weighted by atomic mass is 9.92. The van der Waals surface area contributed by atoms with E-state index < -0.39 is 0 Å². The molecule has 1 aromatic rings. The number of hydrogen-bond donors (Lipinski definition) is 1. The zero-order chi connectivity index (χ0) is 13.2. The molecule has 1 saturated carbocycles. The molecule has 0 heterocycles. The molecule has 2 nitrogen and oxygen atoms in total. The minimum Gasteiger partial charge on any atom is -0.356 e. The average molecular weight is 278 g/mol. The van der Waals surface area contributed by atoms with Crippen LogP contribution in [0.15, 0.2) is 24.3 Å². The summed E-state index contributed by atoms with van der Waals surface area (Å²) in [7, 11) is 0. The number of halogens is 1. The Hall–Kier alpha value is -1.02. The first-order valence-corrected chi connectivity index (χ1v) is 7.78. The van der Waals surface area contributed by atoms with Crippen molar-refractivity contribution in [3.8, 4) is 0 Å². The molecule has 1 N–H and O–H groups in total. The van der Waals surface area contributed by atoms with Crippen molar-refractivity contribution in [1.29, 1.82) is 0 Å². The maximum Gasteiger partial charge on any atom is 0.224 e. The molecule has 2 aliphatic carbocycles. The van der Waals surface area contributed by atoms with Crippen LogP contribution in [0.1, 0.15) is 36.3 Å². The molecule has 102 valence electrons. The van der Waals surface area contributed by atoms with Crippen molar-refractivity contribution in [2.45, 2.75) is 31.6 Å². The van der Waals surface area contributed by atoms with Gasteiger partial charge in [0.2, 0.25) is 5.91 Å². The van der Waals surface area contributed by atoms with Crippen LogP contribution < -0.4 is 5.32 Å². The topological polar surface area (TPSA) is 29.1 Å². The maximum atomic E-state index is 12.2. The second-order valence-corrected chi connectivity index (χ2v) is 6.02. The predicted molar refractivity (Wildman–Crippen MR) is 77.4 cm³/mol. The maximum absolute atomic E-state index is 12.2. The molecule has 3 heteroatoms. The van der Waals surface area contributed by atoms with Gasteiger partial charge in [0, 0.05) is 18.3 Å². The summed E-state index contributed by atoms with van der Waals surface area (Å²) in [6.45, 7) is 0.767. The van der Waals surface area contributed by atoms with Crippen LogP contribution in [0.25, 0.3) is 0 Å². The summed E-state index contributed by atoms with van der Waals surface area (Å²) in [5.74, 6) is 2.22. The molecular formula is C16H20ClNO. The summed E-state index contributed by atoms with van der Waals surface area (Å²) < 4.78 is 0. The van der Waals surface area contributed by atoms with Crippen LogP contribution in [-0.4, -0.2) is 18.3 Å². The summed E-state index contributed by atoms with van der Waals surface area (Å²) >= 11 is 5.63. The van der Waals surface area contributed by atoms with Crippen LogP contribution in [-0.2, 0) is 11.2 Å². The van der Waals surface area contributed by atoms with Crippen LogP contribution in [0.2, 0.25) is 0 Å². The van der Waals surface area contributed by atoms with Crippen LogP contribution in [0.4, 0.5) is 0 Å². The molecule has 1 amide bonds. The third-order valence-corrected chi connectivity index (χ3v) is 4.76. The SMILES string of the molecule is O=C(NCCCCCl)C1C2CCc3ccccc3C21. The van der Waals surface area contributed by atoms with E-state index in [1.54, 1.807) is 0 Å². The number of aryl methyl sites for hydroxylation is 1. The highest BCUT2D eigenvalue weighted by Gasteiger charge is 2.56. The second kappa shape index (κ2) is 5.54. The zero-order valence-corrected chi connectivity index (χ0v) is 11.8. The first-order chi connectivity index (χ1) is 9.33. The van der Waals surface area contributed by atoms with E-state index in [0.717, 1.165) is 25.8 Å². The molecule has 0 spiro atoms. The number of carbonyl (C=O) groups is 1. The standard InChI is InChI=1S/C16H20ClNO/c17-9-3-4-10-18-16(19)15-13-8-7-11-5-1-2-6-12(11)14(13)15/h1-2,5-6,13-15H,3-4,7-10H2,(H,18,19). The third-order valence-electron chi connectivity index (χ3n) is 4.49. The van der Waals surface area contributed by atoms with Crippen LogP contribution in [0.5, 0.6) is 0 Å². The van der Waals surface area contributed by atoms with Crippen molar-refractivity contribution in [1.82, 2.24) is 5.32 Å². The Morgan fingerprint density at radius 2 is 2.16 bits per heavy atom. The van der Waals surface area contributed by atoms with Crippen molar-refractivity contribution in [3.63, 3.8) is 0 Å². The van der Waals surface area contributed by atoms with Crippen molar-refractivity contribution in [3.05, 3.63) is 35.4 Å². The van der Waals surface area contributed by atoms with Gasteiger partial charge >= 0.3 is 0 Å². The van der Waals surface area contributed by atoms with E-state index in [1.807, 2.05) is 0 Å². The number of nitrogens with one attached hydrogen (secondary N) is 1. The van der Waals surface area contributed by atoms with Gasteiger partial charge in [0.15, 0.2) is 0 Å². The highest BCUT2D eigenvalue weighted by atomic mass is 35.5. The first kappa shape index (κ1) is 13.0. The predicted octanol–water partition coefficient (Wildman–Crippen LogP) is 3.10. The Bertz CT molecular complexity index is 474. The molecule has 1 aromatic carbocycles. The molecule has 2 aliphatic rings. The van der Waals surface area contributed by atoms with Crippen LogP contribution in [0.3, 0.4) is 0 Å². The minimum atomic E-state index is 0.222. The Balaban J connectivity index is 1.59. The van der Waals surface area contributed by atoms with Gasteiger partial charge in [-0.2, -0.15) is 0 Å². The number of fused-ring (bicyclic) bond motifs is 3. The lowest BCUT2D eigenvalue weighted by Gasteiger charge is -2.13. The fraction of sp³-hybridized carbons (Fsp3) is 0.562. The summed E-state index contributed by atoms with van der Waals surface area (Å²) in [6.07, 6.45) is 4.25. The van der Waals surface area contributed by atoms with Gasteiger partial charge in [-0.25, -0.2) is 0 Å². The van der Waals surface area contributed by atoms with E-state index in [1.165, 1.54) is 17.5 Å². The number of unbranched alkanes of at least 4 members (excludes halogenated alkanes) is 1. The molecule has 3 atom stereocenters. The van der Waals surface area contributed by atoms with Crippen molar-refractivity contribution >= 4 is 17.5 Å². The van der Waals surface area contributed by atoms with Crippen LogP contribution in [0, 0.1) is 11.8 Å². The first-order valence-electron chi connectivity index (χ1n) is 7.24. The van der Waals surface area contributed by atoms with E-state index in [9.17, 15) is 4.79 Å². The van der Waals surface area contributed by atoms with E-state index in [0.29, 0.717) is 17.7 Å². The van der Waals surface area contributed by atoms with Gasteiger partial charge in [0.05, 0.1) is 0 Å². The highest BCUT2D eigenvalue weighted by molar-refractivity contribution is 6.17. The molecule has 0 radical (unpaired) electrons. The lowest BCUT2D eigenvalue weighted by Crippen LogP contribution is -2.27. The number of hydrogen-bond acceptors (Lipinski definition) is 1. The number of benzene rings is 1. The molecule has 3 unspecified atom stereocenters. The van der Waals surface area contributed by atoms with Crippen molar-refractivity contribution in [2.75, 3.05) is 12.4 Å². The van der Waals surface area contributed by atoms with E-state index in [2.05, 4.69) is 29.6 Å². The largest absolute Gasteiger partial charge is 0.356 e. The molecule has 3 rings (SSSR count). The quantitative estimate of drug-likeness (QED) is 0.650. The Morgan fingerprint density at radius 1 is 1.32 bits per heavy atom. The second-order valence-electron chi connectivity index (χ2n) is 5.64. The van der Waals surface area contributed by atoms with Gasteiger partial charge in [-0.3, -0.25) is 4.79 Å². The Kier molecular flexibility index (Phi) is 3.79. The molecule has 1 fully saturated rings. The highest BCUT2D eigenvalue weighted by Crippen LogP contribution is 2.59. The number of alkyl halides is 1. The molecule has 19 heavy (non-hydrogen) atoms. The lowest BCUT2D eigenvalue weighted by molar-refractivity contribution is -0.122. The van der Waals surface area contributed by atoms with Gasteiger partial charge in [0.25, 0.3) is 0 Å². The molecule has 0 aromatic heterocycles. The zero-order valence-electron chi connectivity index (χ0n) is 11.1. The van der Waals surface area contributed by atoms with Gasteiger partial charge in [-0.15, -0.1) is 11.6 Å². The summed E-state index contributed by atoms with van der Waals surface area (Å²) in [4.78, 5) is 12.2. The third kappa shape index (κ3) is 2.51. The number of carbonyl (C=O) groups excluding carboxylic acids is 1. The van der Waals surface area contributed by atoms with Gasteiger partial charge in [-0.1, -0.05) is 24.3 Å². The fourth-order valence-electron chi connectivity index (χ4n) is 3.47. The Morgan fingerprint density at radius 3 is 3.00 bits per heavy atom. The average Bonchev–Trinajstić information content (AvgIpc) is 3.18. The van der Waals surface area contributed by atoms with E-state index >= 15 is 0 Å². The normalized spacial score (nSPS) is 27.3. The van der Waals surface area contributed by atoms with Crippen molar-refractivity contribution in [2.24, 2.45) is 11.8 Å². The van der Waals surface area contributed by atoms with E-state index in [-0.39, 0.29) is 11.8 Å². The summed E-state index contributed by atoms with van der Waals surface area (Å²) in [5, 5.41) is 3.07. The fourth-order valence-corrected chi connectivity index (χ4v) is 3.66. The Labute approximate surface area is 119 Å². The van der Waals surface area contributed by atoms with Gasteiger partial charge in [0.1, 0.15) is 0 Å². The number of amides is 1. The van der Waals surface area contributed by atoms with Gasteiger partial charge < -0.3 is 5.32 Å². The smallest absolute Gasteiger partial charge is 0.224 e. The minimum absolute atomic E-state index is 0.222. The van der Waals surface area contributed by atoms with Crippen LogP contribution >= 0.6 is 11.6 Å². The van der Waals surface area contributed by atoms with Gasteiger partial charge in [-0.05, 0) is 48.6 Å². The molecule has 0 aliphatic heterocycles. The monoisotopic (exact) mass is 277 g/mol.